The molecule has 0 aliphatic carbocycles. The molecule has 0 fully saturated rings. The molecule has 122 valence electrons. The zero-order valence-corrected chi connectivity index (χ0v) is 13.1. The van der Waals surface area contributed by atoms with Crippen LogP contribution in [0.2, 0.25) is 0 Å². The number of amides is 2. The first-order chi connectivity index (χ1) is 11.3. The maximum absolute atomic E-state index is 12.4. The lowest BCUT2D eigenvalue weighted by Crippen LogP contribution is -2.47. The number of fused-ring (bicyclic) bond motifs is 1. The van der Waals surface area contributed by atoms with E-state index in [4.69, 9.17) is 0 Å². The van der Waals surface area contributed by atoms with Crippen LogP contribution in [-0.2, 0) is 13.0 Å². The highest BCUT2D eigenvalue weighted by Gasteiger charge is 2.29. The lowest BCUT2D eigenvalue weighted by Gasteiger charge is -2.36. The number of nitrogens with zero attached hydrogens (tertiary/aromatic N) is 3. The van der Waals surface area contributed by atoms with Gasteiger partial charge in [-0.15, -0.1) is 0 Å². The number of nitrogens with one attached hydrogen (secondary N) is 1. The van der Waals surface area contributed by atoms with Gasteiger partial charge in [0.05, 0.1) is 12.6 Å². The summed E-state index contributed by atoms with van der Waals surface area (Å²) in [5.74, 6) is 0. The summed E-state index contributed by atoms with van der Waals surface area (Å²) >= 11 is 0. The molecule has 6 nitrogen and oxygen atoms in total. The largest absolute Gasteiger partial charge is 0.394 e. The Balaban J connectivity index is 1.54. The summed E-state index contributed by atoms with van der Waals surface area (Å²) in [6, 6.07) is 9.52. The van der Waals surface area contributed by atoms with Gasteiger partial charge in [-0.1, -0.05) is 24.3 Å². The van der Waals surface area contributed by atoms with Crippen molar-refractivity contribution in [2.24, 2.45) is 0 Å². The summed E-state index contributed by atoms with van der Waals surface area (Å²) in [5.41, 5.74) is 2.27. The second-order valence-electron chi connectivity index (χ2n) is 5.70. The molecule has 1 aromatic heterocycles. The number of aliphatic hydroxyl groups excluding tert-OH is 1. The highest BCUT2D eigenvalue weighted by Crippen LogP contribution is 2.29. The third-order valence-electron chi connectivity index (χ3n) is 4.25. The number of carbonyl (C=O) groups excluding carboxylic acids is 1. The Morgan fingerprint density at radius 1 is 1.35 bits per heavy atom. The van der Waals surface area contributed by atoms with Crippen LogP contribution in [0.15, 0.2) is 42.7 Å². The quantitative estimate of drug-likeness (QED) is 0.823. The molecule has 23 heavy (non-hydrogen) atoms. The number of rotatable bonds is 5. The maximum atomic E-state index is 12.4. The van der Waals surface area contributed by atoms with Gasteiger partial charge in [-0.2, -0.15) is 5.10 Å². The van der Waals surface area contributed by atoms with Crippen molar-refractivity contribution in [3.05, 3.63) is 53.9 Å². The van der Waals surface area contributed by atoms with Gasteiger partial charge in [0, 0.05) is 32.0 Å². The molecule has 6 heteroatoms. The van der Waals surface area contributed by atoms with Crippen LogP contribution in [0, 0.1) is 0 Å². The van der Waals surface area contributed by atoms with Gasteiger partial charge in [0.15, 0.2) is 0 Å². The van der Waals surface area contributed by atoms with Crippen LogP contribution in [-0.4, -0.2) is 45.5 Å². The summed E-state index contributed by atoms with van der Waals surface area (Å²) in [4.78, 5) is 14.2. The molecule has 1 aromatic carbocycles. The Kier molecular flexibility index (Phi) is 4.92. The number of aliphatic hydroxyl groups is 1. The highest BCUT2D eigenvalue weighted by molar-refractivity contribution is 5.75. The molecular formula is C17H22N4O2. The van der Waals surface area contributed by atoms with Gasteiger partial charge < -0.3 is 15.3 Å². The predicted octanol–water partition coefficient (Wildman–Crippen LogP) is 1.57. The van der Waals surface area contributed by atoms with E-state index >= 15 is 0 Å². The summed E-state index contributed by atoms with van der Waals surface area (Å²) in [6.07, 6.45) is 5.30. The second kappa shape index (κ2) is 7.28. The van der Waals surface area contributed by atoms with Crippen LogP contribution in [0.4, 0.5) is 4.79 Å². The van der Waals surface area contributed by atoms with E-state index in [2.05, 4.69) is 16.5 Å². The van der Waals surface area contributed by atoms with E-state index in [0.717, 1.165) is 24.9 Å². The molecule has 2 amide bonds. The van der Waals surface area contributed by atoms with Crippen molar-refractivity contribution < 1.29 is 9.90 Å². The van der Waals surface area contributed by atoms with Crippen LogP contribution < -0.4 is 5.32 Å². The second-order valence-corrected chi connectivity index (χ2v) is 5.70. The number of urea groups is 1. The van der Waals surface area contributed by atoms with Gasteiger partial charge in [0.2, 0.25) is 0 Å². The molecule has 1 aliphatic heterocycles. The first kappa shape index (κ1) is 15.6. The average molecular weight is 314 g/mol. The van der Waals surface area contributed by atoms with Crippen molar-refractivity contribution in [3.63, 3.8) is 0 Å². The average Bonchev–Trinajstić information content (AvgIpc) is 3.10. The molecule has 3 rings (SSSR count). The standard InChI is InChI=1S/C17H22N4O2/c22-13-16-15-6-2-1-5-14(15)7-12-21(16)17(23)18-8-3-10-20-11-4-9-19-20/h1-2,4-6,9,11,16,22H,3,7-8,10,12-13H2,(H,18,23). The third-order valence-corrected chi connectivity index (χ3v) is 4.25. The number of benzene rings is 1. The van der Waals surface area contributed by atoms with Gasteiger partial charge in [-0.05, 0) is 30.0 Å². The molecule has 0 saturated heterocycles. The maximum Gasteiger partial charge on any atom is 0.318 e. The molecule has 0 bridgehead atoms. The normalized spacial score (nSPS) is 16.9. The summed E-state index contributed by atoms with van der Waals surface area (Å²) in [7, 11) is 0. The van der Waals surface area contributed by atoms with E-state index in [9.17, 15) is 9.90 Å². The summed E-state index contributed by atoms with van der Waals surface area (Å²) in [5, 5.41) is 16.8. The topological polar surface area (TPSA) is 70.4 Å². The van der Waals surface area contributed by atoms with E-state index in [1.54, 1.807) is 11.1 Å². The van der Waals surface area contributed by atoms with E-state index in [0.29, 0.717) is 13.1 Å². The van der Waals surface area contributed by atoms with Gasteiger partial charge in [0.25, 0.3) is 0 Å². The minimum atomic E-state index is -0.258. The Morgan fingerprint density at radius 2 is 2.22 bits per heavy atom. The number of hydrogen-bond acceptors (Lipinski definition) is 3. The minimum Gasteiger partial charge on any atom is -0.394 e. The van der Waals surface area contributed by atoms with Crippen molar-refractivity contribution in [2.75, 3.05) is 19.7 Å². The fourth-order valence-corrected chi connectivity index (χ4v) is 3.06. The third kappa shape index (κ3) is 3.53. The zero-order chi connectivity index (χ0) is 16.1. The highest BCUT2D eigenvalue weighted by atomic mass is 16.3. The van der Waals surface area contributed by atoms with Crippen molar-refractivity contribution in [3.8, 4) is 0 Å². The van der Waals surface area contributed by atoms with Crippen molar-refractivity contribution in [2.45, 2.75) is 25.4 Å². The number of hydrogen-bond donors (Lipinski definition) is 2. The Hall–Kier alpha value is -2.34. The van der Waals surface area contributed by atoms with Crippen LogP contribution in [0.3, 0.4) is 0 Å². The predicted molar refractivity (Wildman–Crippen MR) is 86.9 cm³/mol. The Bertz CT molecular complexity index is 642. The molecule has 1 aliphatic rings. The Labute approximate surface area is 135 Å². The fourth-order valence-electron chi connectivity index (χ4n) is 3.06. The SMILES string of the molecule is O=C(NCCCn1cccn1)N1CCc2ccccc2C1CO. The lowest BCUT2D eigenvalue weighted by atomic mass is 9.93. The molecule has 1 atom stereocenters. The van der Waals surface area contributed by atoms with Crippen LogP contribution in [0.1, 0.15) is 23.6 Å². The van der Waals surface area contributed by atoms with Crippen molar-refractivity contribution in [1.82, 2.24) is 20.0 Å². The number of aryl methyl sites for hydroxylation is 1. The van der Waals surface area contributed by atoms with E-state index < -0.39 is 0 Å². The van der Waals surface area contributed by atoms with Gasteiger partial charge >= 0.3 is 6.03 Å². The molecular weight excluding hydrogens is 292 g/mol. The molecule has 2 N–H and O–H groups in total. The van der Waals surface area contributed by atoms with Crippen molar-refractivity contribution >= 4 is 6.03 Å². The van der Waals surface area contributed by atoms with E-state index in [1.807, 2.05) is 35.1 Å². The van der Waals surface area contributed by atoms with Crippen LogP contribution in [0.25, 0.3) is 0 Å². The minimum absolute atomic E-state index is 0.0578. The van der Waals surface area contributed by atoms with Gasteiger partial charge in [0.1, 0.15) is 0 Å². The number of aromatic nitrogens is 2. The van der Waals surface area contributed by atoms with E-state index in [-0.39, 0.29) is 18.7 Å². The molecule has 2 heterocycles. The smallest absolute Gasteiger partial charge is 0.318 e. The fraction of sp³-hybridized carbons (Fsp3) is 0.412. The number of carbonyl (C=O) groups is 1. The molecule has 0 saturated carbocycles. The Morgan fingerprint density at radius 3 is 3.00 bits per heavy atom. The monoisotopic (exact) mass is 314 g/mol. The van der Waals surface area contributed by atoms with Crippen LogP contribution >= 0.6 is 0 Å². The molecule has 0 radical (unpaired) electrons. The summed E-state index contributed by atoms with van der Waals surface area (Å²) in [6.45, 7) is 1.94. The van der Waals surface area contributed by atoms with Crippen molar-refractivity contribution in [1.29, 1.82) is 0 Å². The van der Waals surface area contributed by atoms with Gasteiger partial charge in [-0.25, -0.2) is 4.79 Å². The first-order valence-corrected chi connectivity index (χ1v) is 8.00. The molecule has 1 unspecified atom stereocenters. The lowest BCUT2D eigenvalue weighted by molar-refractivity contribution is 0.127. The van der Waals surface area contributed by atoms with E-state index in [1.165, 1.54) is 5.56 Å². The van der Waals surface area contributed by atoms with Gasteiger partial charge in [-0.3, -0.25) is 4.68 Å². The summed E-state index contributed by atoms with van der Waals surface area (Å²) < 4.78 is 1.85. The molecule has 0 spiro atoms. The first-order valence-electron chi connectivity index (χ1n) is 8.00. The zero-order valence-electron chi connectivity index (χ0n) is 13.1. The van der Waals surface area contributed by atoms with Crippen LogP contribution in [0.5, 0.6) is 0 Å². The molecule has 2 aromatic rings.